The number of ether oxygens (including phenoxy) is 1. The Morgan fingerprint density at radius 2 is 1.61 bits per heavy atom. The standard InChI is InChI=1S/C22H19ClN2O3/c1-15-5-2-10-20(11-15)28-14-21(26)24-18-8-3-6-16(12-18)22(27)25-19-9-4-7-17(23)13-19/h2-13H,14H2,1H3,(H,24,26)(H,25,27). The van der Waals surface area contributed by atoms with E-state index >= 15 is 0 Å². The van der Waals surface area contributed by atoms with Gasteiger partial charge in [-0.15, -0.1) is 0 Å². The van der Waals surface area contributed by atoms with E-state index in [-0.39, 0.29) is 18.4 Å². The molecule has 0 unspecified atom stereocenters. The molecule has 5 nitrogen and oxygen atoms in total. The molecule has 2 amide bonds. The van der Waals surface area contributed by atoms with Gasteiger partial charge in [-0.3, -0.25) is 9.59 Å². The lowest BCUT2D eigenvalue weighted by molar-refractivity contribution is -0.118. The van der Waals surface area contributed by atoms with Crippen LogP contribution < -0.4 is 15.4 Å². The fourth-order valence-corrected chi connectivity index (χ4v) is 2.75. The Balaban J connectivity index is 1.59. The minimum Gasteiger partial charge on any atom is -0.484 e. The van der Waals surface area contributed by atoms with E-state index in [0.717, 1.165) is 5.56 Å². The minimum atomic E-state index is -0.311. The van der Waals surface area contributed by atoms with Gasteiger partial charge in [0.05, 0.1) is 0 Å². The highest BCUT2D eigenvalue weighted by molar-refractivity contribution is 6.31. The first-order valence-electron chi connectivity index (χ1n) is 8.66. The van der Waals surface area contributed by atoms with Crippen molar-refractivity contribution in [2.75, 3.05) is 17.2 Å². The minimum absolute atomic E-state index is 0.123. The molecular formula is C22H19ClN2O3. The van der Waals surface area contributed by atoms with Crippen LogP contribution in [-0.2, 0) is 4.79 Å². The summed E-state index contributed by atoms with van der Waals surface area (Å²) in [5.74, 6) is 0.0214. The van der Waals surface area contributed by atoms with E-state index in [2.05, 4.69) is 10.6 Å². The second kappa shape index (κ2) is 9.06. The van der Waals surface area contributed by atoms with Crippen LogP contribution in [0.4, 0.5) is 11.4 Å². The summed E-state index contributed by atoms with van der Waals surface area (Å²) >= 11 is 5.93. The Bertz CT molecular complexity index is 1000. The number of anilines is 2. The van der Waals surface area contributed by atoms with Crippen molar-refractivity contribution in [2.24, 2.45) is 0 Å². The number of amides is 2. The third kappa shape index (κ3) is 5.59. The van der Waals surface area contributed by atoms with Crippen molar-refractivity contribution in [3.63, 3.8) is 0 Å². The third-order valence-corrected chi connectivity index (χ3v) is 4.09. The molecule has 0 bridgehead atoms. The zero-order valence-electron chi connectivity index (χ0n) is 15.2. The van der Waals surface area contributed by atoms with E-state index in [1.807, 2.05) is 25.1 Å². The molecule has 142 valence electrons. The van der Waals surface area contributed by atoms with Gasteiger partial charge in [0.25, 0.3) is 11.8 Å². The fourth-order valence-electron chi connectivity index (χ4n) is 2.56. The Labute approximate surface area is 168 Å². The number of carbonyl (C=O) groups is 2. The summed E-state index contributed by atoms with van der Waals surface area (Å²) in [5.41, 5.74) is 2.57. The molecule has 0 heterocycles. The quantitative estimate of drug-likeness (QED) is 0.623. The molecule has 0 aromatic heterocycles. The van der Waals surface area contributed by atoms with Crippen LogP contribution in [0.1, 0.15) is 15.9 Å². The number of hydrogen-bond donors (Lipinski definition) is 2. The Morgan fingerprint density at radius 1 is 0.893 bits per heavy atom. The number of halogens is 1. The SMILES string of the molecule is Cc1cccc(OCC(=O)Nc2cccc(C(=O)Nc3cccc(Cl)c3)c2)c1. The highest BCUT2D eigenvalue weighted by Gasteiger charge is 2.09. The highest BCUT2D eigenvalue weighted by Crippen LogP contribution is 2.17. The maximum absolute atomic E-state index is 12.4. The Kier molecular flexibility index (Phi) is 6.29. The summed E-state index contributed by atoms with van der Waals surface area (Å²) in [6, 6.07) is 21.0. The monoisotopic (exact) mass is 394 g/mol. The summed E-state index contributed by atoms with van der Waals surface area (Å²) in [6.45, 7) is 1.83. The maximum Gasteiger partial charge on any atom is 0.262 e. The molecule has 3 rings (SSSR count). The van der Waals surface area contributed by atoms with E-state index in [1.54, 1.807) is 54.6 Å². The number of rotatable bonds is 6. The molecule has 0 fully saturated rings. The summed E-state index contributed by atoms with van der Waals surface area (Å²) < 4.78 is 5.48. The summed E-state index contributed by atoms with van der Waals surface area (Å²) in [6.07, 6.45) is 0. The van der Waals surface area contributed by atoms with Crippen LogP contribution in [0, 0.1) is 6.92 Å². The van der Waals surface area contributed by atoms with Crippen LogP contribution in [0.2, 0.25) is 5.02 Å². The summed E-state index contributed by atoms with van der Waals surface area (Å²) in [7, 11) is 0. The van der Waals surface area contributed by atoms with E-state index in [9.17, 15) is 9.59 Å². The first-order chi connectivity index (χ1) is 13.5. The number of carbonyl (C=O) groups excluding carboxylic acids is 2. The molecule has 0 radical (unpaired) electrons. The second-order valence-electron chi connectivity index (χ2n) is 6.20. The van der Waals surface area contributed by atoms with Crippen molar-refractivity contribution >= 4 is 34.8 Å². The smallest absolute Gasteiger partial charge is 0.262 e. The molecule has 28 heavy (non-hydrogen) atoms. The van der Waals surface area contributed by atoms with Crippen LogP contribution in [0.25, 0.3) is 0 Å². The Hall–Kier alpha value is -3.31. The van der Waals surface area contributed by atoms with Gasteiger partial charge in [-0.25, -0.2) is 0 Å². The van der Waals surface area contributed by atoms with Gasteiger partial charge >= 0.3 is 0 Å². The maximum atomic E-state index is 12.4. The molecule has 0 aliphatic heterocycles. The number of benzene rings is 3. The van der Waals surface area contributed by atoms with Gasteiger partial charge in [-0.05, 0) is 61.0 Å². The fraction of sp³-hybridized carbons (Fsp3) is 0.0909. The predicted octanol–water partition coefficient (Wildman–Crippen LogP) is 4.92. The van der Waals surface area contributed by atoms with Gasteiger partial charge in [0.15, 0.2) is 6.61 Å². The third-order valence-electron chi connectivity index (χ3n) is 3.85. The molecule has 0 spiro atoms. The van der Waals surface area contributed by atoms with E-state index < -0.39 is 0 Å². The van der Waals surface area contributed by atoms with Gasteiger partial charge in [0, 0.05) is 22.0 Å². The molecule has 0 saturated carbocycles. The van der Waals surface area contributed by atoms with Crippen LogP contribution in [0.5, 0.6) is 5.75 Å². The lowest BCUT2D eigenvalue weighted by Gasteiger charge is -2.10. The van der Waals surface area contributed by atoms with E-state index in [4.69, 9.17) is 16.3 Å². The molecular weight excluding hydrogens is 376 g/mol. The average Bonchev–Trinajstić information content (AvgIpc) is 2.67. The normalized spacial score (nSPS) is 10.2. The van der Waals surface area contributed by atoms with Crippen molar-refractivity contribution in [3.05, 3.63) is 88.9 Å². The Morgan fingerprint density at radius 3 is 2.36 bits per heavy atom. The van der Waals surface area contributed by atoms with Gasteiger partial charge in [-0.2, -0.15) is 0 Å². The van der Waals surface area contributed by atoms with E-state index in [0.29, 0.717) is 27.7 Å². The molecule has 0 saturated heterocycles. The summed E-state index contributed by atoms with van der Waals surface area (Å²) in [5, 5.41) is 6.04. The number of nitrogens with one attached hydrogen (secondary N) is 2. The molecule has 0 atom stereocenters. The lowest BCUT2D eigenvalue weighted by Crippen LogP contribution is -2.20. The second-order valence-corrected chi connectivity index (χ2v) is 6.64. The van der Waals surface area contributed by atoms with Gasteiger partial charge in [0.1, 0.15) is 5.75 Å². The van der Waals surface area contributed by atoms with Crippen molar-refractivity contribution in [1.29, 1.82) is 0 Å². The summed E-state index contributed by atoms with van der Waals surface area (Å²) in [4.78, 5) is 24.5. The first kappa shape index (κ1) is 19.5. The van der Waals surface area contributed by atoms with Gasteiger partial charge in [-0.1, -0.05) is 35.9 Å². The topological polar surface area (TPSA) is 67.4 Å². The average molecular weight is 395 g/mol. The van der Waals surface area contributed by atoms with Crippen LogP contribution >= 0.6 is 11.6 Å². The van der Waals surface area contributed by atoms with Crippen molar-refractivity contribution in [2.45, 2.75) is 6.92 Å². The number of aryl methyl sites for hydroxylation is 1. The van der Waals surface area contributed by atoms with Crippen LogP contribution in [0.3, 0.4) is 0 Å². The molecule has 3 aromatic rings. The van der Waals surface area contributed by atoms with Crippen molar-refractivity contribution < 1.29 is 14.3 Å². The molecule has 3 aromatic carbocycles. The molecule has 0 aliphatic rings. The highest BCUT2D eigenvalue weighted by atomic mass is 35.5. The van der Waals surface area contributed by atoms with E-state index in [1.165, 1.54) is 0 Å². The van der Waals surface area contributed by atoms with Crippen molar-refractivity contribution in [3.8, 4) is 5.75 Å². The zero-order valence-corrected chi connectivity index (χ0v) is 16.0. The van der Waals surface area contributed by atoms with Crippen LogP contribution in [-0.4, -0.2) is 18.4 Å². The number of hydrogen-bond acceptors (Lipinski definition) is 3. The first-order valence-corrected chi connectivity index (χ1v) is 9.04. The molecule has 0 aliphatic carbocycles. The zero-order chi connectivity index (χ0) is 19.9. The van der Waals surface area contributed by atoms with Crippen molar-refractivity contribution in [1.82, 2.24) is 0 Å². The van der Waals surface area contributed by atoms with Gasteiger partial charge in [0.2, 0.25) is 0 Å². The molecule has 2 N–H and O–H groups in total. The predicted molar refractivity (Wildman–Crippen MR) is 111 cm³/mol. The lowest BCUT2D eigenvalue weighted by atomic mass is 10.2. The van der Waals surface area contributed by atoms with Gasteiger partial charge < -0.3 is 15.4 Å². The largest absolute Gasteiger partial charge is 0.484 e. The molecule has 6 heteroatoms. The van der Waals surface area contributed by atoms with Crippen LogP contribution in [0.15, 0.2) is 72.8 Å².